The first-order chi connectivity index (χ1) is 29.1. The van der Waals surface area contributed by atoms with Gasteiger partial charge >= 0.3 is 7.60 Å². The predicted octanol–water partition coefficient (Wildman–Crippen LogP) is 19.0. The van der Waals surface area contributed by atoms with Crippen molar-refractivity contribution in [2.24, 2.45) is 0 Å². The molecule has 1 aromatic rings. The first-order valence-electron chi connectivity index (χ1n) is 25.9. The fourth-order valence-electron chi connectivity index (χ4n) is 8.33. The average molecular weight is 897 g/mol. The Hall–Kier alpha value is -0.130. The number of phenolic OH excluding ortho intramolecular Hbond substituents is 1. The number of aryl methyl sites for hydroxylation is 1. The quantitative estimate of drug-likeness (QED) is 0.0520. The van der Waals surface area contributed by atoms with Gasteiger partial charge in [-0.25, -0.2) is 0 Å². The second kappa shape index (κ2) is 39.3. The van der Waals surface area contributed by atoms with Gasteiger partial charge in [0.05, 0.1) is 19.4 Å². The van der Waals surface area contributed by atoms with Crippen LogP contribution in [0.4, 0.5) is 0 Å². The van der Waals surface area contributed by atoms with Crippen LogP contribution in [0, 0.1) is 13.8 Å². The molecule has 0 aromatic heterocycles. The number of phenols is 1. The molecular weight excluding hydrogens is 796 g/mol. The lowest BCUT2D eigenvalue weighted by Crippen LogP contribution is -2.14. The molecule has 0 saturated heterocycles. The number of rotatable bonds is 44. The van der Waals surface area contributed by atoms with Crippen molar-refractivity contribution in [3.63, 3.8) is 0 Å². The molecule has 0 amide bonds. The fraction of sp³-hybridized carbons (Fsp3) is 0.887. The Morgan fingerprint density at radius 2 is 0.800 bits per heavy atom. The summed E-state index contributed by atoms with van der Waals surface area (Å²) in [7, 11) is -3.40. The Morgan fingerprint density at radius 3 is 1.10 bits per heavy atom. The summed E-state index contributed by atoms with van der Waals surface area (Å²) in [6.45, 7) is 15.8. The number of unbranched alkanes of at least 4 members (excludes halogenated alkanes) is 30. The predicted molar refractivity (Wildman–Crippen MR) is 273 cm³/mol. The SMILES string of the molecule is CCCCCCCCCCCCCCCCCCSCCOP(=O)(Cc1c(C)cc(C(C)(C)C)c(O)c1C)OCCSCCCCCCCCCCCCCCCCCC. The van der Waals surface area contributed by atoms with Gasteiger partial charge in [-0.2, -0.15) is 23.5 Å². The van der Waals surface area contributed by atoms with E-state index < -0.39 is 7.60 Å². The molecule has 7 heteroatoms. The van der Waals surface area contributed by atoms with Gasteiger partial charge in [0.1, 0.15) is 5.75 Å². The van der Waals surface area contributed by atoms with E-state index in [0.717, 1.165) is 45.3 Å². The molecule has 0 aliphatic rings. The molecule has 1 rings (SSSR count). The lowest BCUT2D eigenvalue weighted by atomic mass is 9.83. The van der Waals surface area contributed by atoms with Crippen molar-refractivity contribution < 1.29 is 18.7 Å². The van der Waals surface area contributed by atoms with Gasteiger partial charge in [-0.3, -0.25) is 4.57 Å². The minimum atomic E-state index is -3.40. The third kappa shape index (κ3) is 31.7. The highest BCUT2D eigenvalue weighted by atomic mass is 32.2. The van der Waals surface area contributed by atoms with Crippen molar-refractivity contribution in [1.29, 1.82) is 0 Å². The van der Waals surface area contributed by atoms with E-state index in [0.29, 0.717) is 19.0 Å². The molecule has 0 bridgehead atoms. The highest BCUT2D eigenvalue weighted by Crippen LogP contribution is 2.53. The molecule has 0 fully saturated rings. The van der Waals surface area contributed by atoms with E-state index in [4.69, 9.17) is 9.05 Å². The second-order valence-electron chi connectivity index (χ2n) is 19.2. The zero-order valence-corrected chi connectivity index (χ0v) is 43.6. The van der Waals surface area contributed by atoms with E-state index in [2.05, 4.69) is 47.6 Å². The summed E-state index contributed by atoms with van der Waals surface area (Å²) >= 11 is 3.81. The molecule has 60 heavy (non-hydrogen) atoms. The minimum absolute atomic E-state index is 0.178. The van der Waals surface area contributed by atoms with Gasteiger partial charge in [0.2, 0.25) is 0 Å². The summed E-state index contributed by atoms with van der Waals surface area (Å²) in [5.74, 6) is 4.21. The molecule has 0 aliphatic heterocycles. The smallest absolute Gasteiger partial charge is 0.335 e. The molecule has 4 nitrogen and oxygen atoms in total. The number of hydrogen-bond acceptors (Lipinski definition) is 6. The van der Waals surface area contributed by atoms with E-state index in [1.54, 1.807) is 0 Å². The zero-order valence-electron chi connectivity index (χ0n) is 41.1. The summed E-state index contributed by atoms with van der Waals surface area (Å²) in [5.41, 5.74) is 3.48. The lowest BCUT2D eigenvalue weighted by molar-refractivity contribution is 0.222. The molecule has 0 aliphatic carbocycles. The van der Waals surface area contributed by atoms with Crippen molar-refractivity contribution in [1.82, 2.24) is 0 Å². The van der Waals surface area contributed by atoms with Gasteiger partial charge in [-0.15, -0.1) is 0 Å². The molecular formula is C53H101O4PS2. The topological polar surface area (TPSA) is 55.8 Å². The number of benzene rings is 1. The van der Waals surface area contributed by atoms with Crippen LogP contribution in [0.25, 0.3) is 0 Å². The molecule has 0 atom stereocenters. The van der Waals surface area contributed by atoms with Gasteiger partial charge in [-0.05, 0) is 65.9 Å². The van der Waals surface area contributed by atoms with Crippen molar-refractivity contribution in [3.05, 3.63) is 28.3 Å². The molecule has 1 aromatic carbocycles. The highest BCUT2D eigenvalue weighted by Gasteiger charge is 2.30. The van der Waals surface area contributed by atoms with Crippen LogP contribution in [0.15, 0.2) is 6.07 Å². The van der Waals surface area contributed by atoms with Crippen LogP contribution >= 0.6 is 31.1 Å². The number of hydrogen-bond donors (Lipinski definition) is 1. The Bertz CT molecular complexity index is 1120. The maximum atomic E-state index is 14.3. The largest absolute Gasteiger partial charge is 0.507 e. The molecule has 0 saturated carbocycles. The maximum Gasteiger partial charge on any atom is 0.335 e. The molecule has 0 heterocycles. The van der Waals surface area contributed by atoms with Crippen molar-refractivity contribution in [3.8, 4) is 5.75 Å². The van der Waals surface area contributed by atoms with E-state index in [9.17, 15) is 9.67 Å². The summed E-state index contributed by atoms with van der Waals surface area (Å²) in [6, 6.07) is 2.06. The van der Waals surface area contributed by atoms with Crippen LogP contribution < -0.4 is 0 Å². The second-order valence-corrected chi connectivity index (χ2v) is 23.7. The summed E-state index contributed by atoms with van der Waals surface area (Å²) in [5, 5.41) is 11.2. The summed E-state index contributed by atoms with van der Waals surface area (Å²) in [6.07, 6.45) is 44.8. The average Bonchev–Trinajstić information content (AvgIpc) is 3.22. The monoisotopic (exact) mass is 897 g/mol. The first-order valence-corrected chi connectivity index (χ1v) is 30.0. The Labute approximate surface area is 383 Å². The van der Waals surface area contributed by atoms with Crippen LogP contribution in [0.3, 0.4) is 0 Å². The highest BCUT2D eigenvalue weighted by molar-refractivity contribution is 7.99. The van der Waals surface area contributed by atoms with Crippen LogP contribution in [0.5, 0.6) is 5.75 Å². The van der Waals surface area contributed by atoms with Crippen LogP contribution in [0.2, 0.25) is 0 Å². The van der Waals surface area contributed by atoms with Crippen molar-refractivity contribution in [2.75, 3.05) is 36.2 Å². The molecule has 354 valence electrons. The van der Waals surface area contributed by atoms with Crippen LogP contribution in [-0.4, -0.2) is 41.3 Å². The van der Waals surface area contributed by atoms with Crippen LogP contribution in [-0.2, 0) is 25.2 Å². The van der Waals surface area contributed by atoms with Gasteiger partial charge in [0.25, 0.3) is 0 Å². The summed E-state index contributed by atoms with van der Waals surface area (Å²) in [4.78, 5) is 0. The standard InChI is InChI=1S/C53H101O4PS2/c1-8-10-12-14-16-18-20-22-24-26-28-30-32-34-36-38-42-59-44-40-56-58(55,47-50-48(3)46-51(53(5,6)7)52(54)49(50)4)57-41-45-60-43-39-37-35-33-31-29-27-25-23-21-19-17-15-13-11-9-2/h46,54H,8-45,47H2,1-7H3. The van der Waals surface area contributed by atoms with Crippen molar-refractivity contribution in [2.45, 2.75) is 266 Å². The van der Waals surface area contributed by atoms with Crippen LogP contribution in [0.1, 0.15) is 262 Å². The third-order valence-electron chi connectivity index (χ3n) is 12.4. The van der Waals surface area contributed by atoms with Gasteiger partial charge in [0.15, 0.2) is 0 Å². The zero-order chi connectivity index (χ0) is 44.0. The first kappa shape index (κ1) is 57.9. The Morgan fingerprint density at radius 1 is 0.500 bits per heavy atom. The minimum Gasteiger partial charge on any atom is -0.507 e. The van der Waals surface area contributed by atoms with Gasteiger partial charge in [-0.1, -0.05) is 233 Å². The lowest BCUT2D eigenvalue weighted by Gasteiger charge is -2.26. The Balaban J connectivity index is 2.30. The maximum absolute atomic E-state index is 14.3. The molecule has 0 unspecified atom stereocenters. The normalized spacial score (nSPS) is 12.2. The Kier molecular flexibility index (Phi) is 37.9. The molecule has 0 radical (unpaired) electrons. The van der Waals surface area contributed by atoms with Crippen molar-refractivity contribution >= 4 is 31.1 Å². The van der Waals surface area contributed by atoms with E-state index in [1.807, 2.05) is 30.4 Å². The number of thioether (sulfide) groups is 2. The van der Waals surface area contributed by atoms with Gasteiger partial charge < -0.3 is 14.2 Å². The molecule has 1 N–H and O–H groups in total. The van der Waals surface area contributed by atoms with E-state index >= 15 is 0 Å². The fourth-order valence-corrected chi connectivity index (χ4v) is 12.1. The number of aromatic hydroxyl groups is 1. The third-order valence-corrected chi connectivity index (χ3v) is 16.3. The van der Waals surface area contributed by atoms with E-state index in [-0.39, 0.29) is 11.6 Å². The van der Waals surface area contributed by atoms with E-state index in [1.165, 1.54) is 205 Å². The molecule has 0 spiro atoms. The summed E-state index contributed by atoms with van der Waals surface area (Å²) < 4.78 is 26.7. The van der Waals surface area contributed by atoms with Gasteiger partial charge in [0, 0.05) is 11.5 Å².